The number of halogens is 2. The summed E-state index contributed by atoms with van der Waals surface area (Å²) in [5.74, 6) is 0.544. The summed E-state index contributed by atoms with van der Waals surface area (Å²) in [6.07, 6.45) is 1.78. The van der Waals surface area contributed by atoms with Crippen LogP contribution in [-0.2, 0) is 11.4 Å². The van der Waals surface area contributed by atoms with Gasteiger partial charge in [-0.15, -0.1) is 0 Å². The van der Waals surface area contributed by atoms with Crippen LogP contribution in [0.4, 0.5) is 15.8 Å². The van der Waals surface area contributed by atoms with Gasteiger partial charge >= 0.3 is 0 Å². The van der Waals surface area contributed by atoms with Crippen LogP contribution in [0.3, 0.4) is 0 Å². The monoisotopic (exact) mass is 572 g/mol. The first-order chi connectivity index (χ1) is 16.8. The first-order valence-electron chi connectivity index (χ1n) is 10.6. The summed E-state index contributed by atoms with van der Waals surface area (Å²) in [5, 5.41) is 0. The molecular weight excluding hydrogens is 551 g/mol. The number of ether oxygens (including phenoxy) is 2. The van der Waals surface area contributed by atoms with Gasteiger partial charge in [-0.3, -0.25) is 9.69 Å². The molecule has 1 fully saturated rings. The van der Waals surface area contributed by atoms with Gasteiger partial charge in [0, 0.05) is 19.8 Å². The molecule has 3 aromatic carbocycles. The van der Waals surface area contributed by atoms with Crippen LogP contribution in [0, 0.1) is 5.82 Å². The van der Waals surface area contributed by atoms with E-state index in [1.165, 1.54) is 28.8 Å². The molecule has 0 saturated carbocycles. The number of hydrogen-bond donors (Lipinski definition) is 0. The molecule has 1 saturated heterocycles. The highest BCUT2D eigenvalue weighted by Gasteiger charge is 2.33. The third-order valence-electron chi connectivity index (χ3n) is 5.26. The van der Waals surface area contributed by atoms with E-state index in [-0.39, 0.29) is 18.3 Å². The molecule has 1 amide bonds. The van der Waals surface area contributed by atoms with Crippen molar-refractivity contribution in [2.45, 2.75) is 6.61 Å². The standard InChI is InChI=1S/C26H22BrFN2O3S2/c1-29(2)19-8-10-20(11-9-19)30-25(31)23(35-26(30)34)14-17-12-21(27)24(22(13-17)32-3)33-15-16-4-6-18(28)7-5-16/h4-14H,15H2,1-3H3/b23-14+. The summed E-state index contributed by atoms with van der Waals surface area (Å²) in [4.78, 5) is 17.2. The van der Waals surface area contributed by atoms with Crippen LogP contribution in [0.15, 0.2) is 70.0 Å². The van der Waals surface area contributed by atoms with E-state index >= 15 is 0 Å². The van der Waals surface area contributed by atoms with Gasteiger partial charge in [0.2, 0.25) is 0 Å². The fourth-order valence-electron chi connectivity index (χ4n) is 3.44. The minimum Gasteiger partial charge on any atom is -0.493 e. The lowest BCUT2D eigenvalue weighted by Gasteiger charge is -2.17. The number of carbonyl (C=O) groups excluding carboxylic acids is 1. The fraction of sp³-hybridized carbons (Fsp3) is 0.154. The third-order valence-corrected chi connectivity index (χ3v) is 7.16. The predicted molar refractivity (Wildman–Crippen MR) is 148 cm³/mol. The molecule has 0 N–H and O–H groups in total. The minimum absolute atomic E-state index is 0.177. The Morgan fingerprint density at radius 1 is 1.11 bits per heavy atom. The Morgan fingerprint density at radius 2 is 1.80 bits per heavy atom. The number of benzene rings is 3. The van der Waals surface area contributed by atoms with Crippen molar-refractivity contribution < 1.29 is 18.7 Å². The molecule has 0 spiro atoms. The molecule has 3 aromatic rings. The number of thioether (sulfide) groups is 1. The predicted octanol–water partition coefficient (Wildman–Crippen LogP) is 6.65. The second-order valence-corrected chi connectivity index (χ2v) is 10.4. The normalized spacial score (nSPS) is 14.5. The Bertz CT molecular complexity index is 1300. The summed E-state index contributed by atoms with van der Waals surface area (Å²) in [6.45, 7) is 0.250. The maximum Gasteiger partial charge on any atom is 0.270 e. The van der Waals surface area contributed by atoms with E-state index in [9.17, 15) is 9.18 Å². The van der Waals surface area contributed by atoms with Crippen molar-refractivity contribution in [3.8, 4) is 11.5 Å². The first kappa shape index (κ1) is 25.2. The zero-order chi connectivity index (χ0) is 25.1. The van der Waals surface area contributed by atoms with Crippen LogP contribution in [0.25, 0.3) is 6.08 Å². The highest BCUT2D eigenvalue weighted by molar-refractivity contribution is 9.10. The largest absolute Gasteiger partial charge is 0.493 e. The number of carbonyl (C=O) groups is 1. The molecule has 1 heterocycles. The van der Waals surface area contributed by atoms with E-state index in [0.29, 0.717) is 25.2 Å². The van der Waals surface area contributed by atoms with Crippen molar-refractivity contribution in [2.24, 2.45) is 0 Å². The van der Waals surface area contributed by atoms with Gasteiger partial charge in [0.25, 0.3) is 5.91 Å². The minimum atomic E-state index is -0.298. The van der Waals surface area contributed by atoms with Gasteiger partial charge < -0.3 is 14.4 Å². The maximum absolute atomic E-state index is 13.2. The van der Waals surface area contributed by atoms with Gasteiger partial charge in [-0.25, -0.2) is 4.39 Å². The van der Waals surface area contributed by atoms with Crippen LogP contribution in [0.2, 0.25) is 0 Å². The Balaban J connectivity index is 1.55. The SMILES string of the molecule is COc1cc(/C=C2/SC(=S)N(c3ccc(N(C)C)cc3)C2=O)cc(Br)c1OCc1ccc(F)cc1. The molecule has 180 valence electrons. The Kier molecular flexibility index (Phi) is 7.78. The molecule has 35 heavy (non-hydrogen) atoms. The molecule has 0 aromatic heterocycles. The lowest BCUT2D eigenvalue weighted by atomic mass is 10.1. The van der Waals surface area contributed by atoms with E-state index in [0.717, 1.165) is 22.5 Å². The van der Waals surface area contributed by atoms with Crippen LogP contribution in [-0.4, -0.2) is 31.4 Å². The molecule has 0 bridgehead atoms. The summed E-state index contributed by atoms with van der Waals surface area (Å²) in [5.41, 5.74) is 3.34. The average molecular weight is 574 g/mol. The highest BCUT2D eigenvalue weighted by Crippen LogP contribution is 2.40. The lowest BCUT2D eigenvalue weighted by Crippen LogP contribution is -2.27. The quantitative estimate of drug-likeness (QED) is 0.233. The van der Waals surface area contributed by atoms with E-state index in [1.807, 2.05) is 49.3 Å². The Morgan fingerprint density at radius 3 is 2.43 bits per heavy atom. The zero-order valence-corrected chi connectivity index (χ0v) is 22.5. The fourth-order valence-corrected chi connectivity index (χ4v) is 5.31. The molecule has 4 rings (SSSR count). The van der Waals surface area contributed by atoms with E-state index in [1.54, 1.807) is 31.4 Å². The number of thiocarbonyl (C=S) groups is 1. The van der Waals surface area contributed by atoms with E-state index in [4.69, 9.17) is 21.7 Å². The van der Waals surface area contributed by atoms with Crippen LogP contribution in [0.5, 0.6) is 11.5 Å². The third kappa shape index (κ3) is 5.69. The Hall–Kier alpha value is -2.88. The van der Waals surface area contributed by atoms with Crippen molar-refractivity contribution in [3.63, 3.8) is 0 Å². The topological polar surface area (TPSA) is 42.0 Å². The number of hydrogen-bond acceptors (Lipinski definition) is 6. The van der Waals surface area contributed by atoms with Crippen LogP contribution < -0.4 is 19.3 Å². The molecule has 9 heteroatoms. The summed E-state index contributed by atoms with van der Waals surface area (Å²) in [6, 6.07) is 17.4. The van der Waals surface area contributed by atoms with Gasteiger partial charge in [0.15, 0.2) is 15.8 Å². The second kappa shape index (κ2) is 10.8. The highest BCUT2D eigenvalue weighted by atomic mass is 79.9. The molecule has 0 aliphatic carbocycles. The smallest absolute Gasteiger partial charge is 0.270 e. The van der Waals surface area contributed by atoms with Crippen molar-refractivity contribution >= 4 is 67.6 Å². The number of rotatable bonds is 7. The number of amides is 1. The molecule has 1 aliphatic heterocycles. The van der Waals surface area contributed by atoms with Gasteiger partial charge in [-0.1, -0.05) is 36.1 Å². The Labute approximate surface area is 221 Å². The summed E-state index contributed by atoms with van der Waals surface area (Å²) < 4.78 is 25.8. The van der Waals surface area contributed by atoms with E-state index < -0.39 is 0 Å². The molecule has 0 radical (unpaired) electrons. The van der Waals surface area contributed by atoms with Gasteiger partial charge in [0.05, 0.1) is 22.2 Å². The van der Waals surface area contributed by atoms with Crippen LogP contribution >= 0.6 is 39.9 Å². The number of methoxy groups -OCH3 is 1. The van der Waals surface area contributed by atoms with Crippen molar-refractivity contribution in [2.75, 3.05) is 31.0 Å². The molecule has 0 atom stereocenters. The van der Waals surface area contributed by atoms with Gasteiger partial charge in [0.1, 0.15) is 12.4 Å². The zero-order valence-electron chi connectivity index (χ0n) is 19.2. The number of anilines is 2. The molecule has 1 aliphatic rings. The summed E-state index contributed by atoms with van der Waals surface area (Å²) in [7, 11) is 5.47. The van der Waals surface area contributed by atoms with Gasteiger partial charge in [-0.2, -0.15) is 0 Å². The van der Waals surface area contributed by atoms with Crippen LogP contribution in [0.1, 0.15) is 11.1 Å². The van der Waals surface area contributed by atoms with Crippen molar-refractivity contribution in [1.82, 2.24) is 0 Å². The van der Waals surface area contributed by atoms with Gasteiger partial charge in [-0.05, 0) is 81.7 Å². The van der Waals surface area contributed by atoms with E-state index in [2.05, 4.69) is 15.9 Å². The lowest BCUT2D eigenvalue weighted by molar-refractivity contribution is -0.113. The number of nitrogens with zero attached hydrogens (tertiary/aromatic N) is 2. The van der Waals surface area contributed by atoms with Crippen molar-refractivity contribution in [3.05, 3.63) is 87.0 Å². The average Bonchev–Trinajstić information content (AvgIpc) is 3.11. The van der Waals surface area contributed by atoms with Crippen molar-refractivity contribution in [1.29, 1.82) is 0 Å². The second-order valence-electron chi connectivity index (χ2n) is 7.88. The summed E-state index contributed by atoms with van der Waals surface area (Å²) >= 11 is 10.3. The molecule has 0 unspecified atom stereocenters. The molecular formula is C26H22BrFN2O3S2. The maximum atomic E-state index is 13.2. The first-order valence-corrected chi connectivity index (χ1v) is 12.6. The molecule has 5 nitrogen and oxygen atoms in total.